The Morgan fingerprint density at radius 3 is 2.83 bits per heavy atom. The van der Waals surface area contributed by atoms with Gasteiger partial charge in [0, 0.05) is 17.5 Å². The molecule has 0 saturated heterocycles. The second kappa shape index (κ2) is 6.21. The lowest BCUT2D eigenvalue weighted by Gasteiger charge is -2.15. The molecule has 18 heavy (non-hydrogen) atoms. The number of carbonyl (C=O) groups excluding carboxylic acids is 1. The highest BCUT2D eigenvalue weighted by molar-refractivity contribution is 6.30. The molecule has 4 heteroatoms. The number of amides is 1. The standard InChI is InChI=1S/C14H18ClNO2/c15-12-7-3-6-11(8-12)13(17)9-16-14(18)10-4-1-2-5-10/h3,6-8,10,13,17H,1-2,4-5,9H2,(H,16,18)/t13-/m0/s1. The molecule has 0 aromatic heterocycles. The fourth-order valence-electron chi connectivity index (χ4n) is 2.36. The molecule has 1 aliphatic rings. The largest absolute Gasteiger partial charge is 0.387 e. The molecular weight excluding hydrogens is 250 g/mol. The van der Waals surface area contributed by atoms with Crippen LogP contribution in [0.3, 0.4) is 0 Å². The van der Waals surface area contributed by atoms with Crippen molar-refractivity contribution in [1.29, 1.82) is 0 Å². The average Bonchev–Trinajstić information content (AvgIpc) is 2.89. The van der Waals surface area contributed by atoms with Gasteiger partial charge in [-0.1, -0.05) is 36.6 Å². The molecule has 2 rings (SSSR count). The predicted octanol–water partition coefficient (Wildman–Crippen LogP) is 2.68. The molecule has 1 aliphatic carbocycles. The molecule has 1 atom stereocenters. The van der Waals surface area contributed by atoms with Gasteiger partial charge in [0.2, 0.25) is 5.91 Å². The first-order valence-electron chi connectivity index (χ1n) is 6.38. The Morgan fingerprint density at radius 1 is 1.44 bits per heavy atom. The molecule has 1 fully saturated rings. The van der Waals surface area contributed by atoms with Gasteiger partial charge in [-0.05, 0) is 30.5 Å². The summed E-state index contributed by atoms with van der Waals surface area (Å²) in [6.45, 7) is 0.246. The summed E-state index contributed by atoms with van der Waals surface area (Å²) >= 11 is 5.86. The average molecular weight is 268 g/mol. The molecule has 1 amide bonds. The first kappa shape index (κ1) is 13.4. The minimum atomic E-state index is -0.700. The van der Waals surface area contributed by atoms with Gasteiger partial charge in [0.05, 0.1) is 6.10 Å². The van der Waals surface area contributed by atoms with E-state index in [9.17, 15) is 9.90 Å². The maximum atomic E-state index is 11.8. The van der Waals surface area contributed by atoms with Gasteiger partial charge >= 0.3 is 0 Å². The van der Waals surface area contributed by atoms with Crippen LogP contribution in [-0.2, 0) is 4.79 Å². The van der Waals surface area contributed by atoms with Crippen LogP contribution in [0.4, 0.5) is 0 Å². The van der Waals surface area contributed by atoms with Gasteiger partial charge in [0.15, 0.2) is 0 Å². The molecule has 1 aromatic rings. The van der Waals surface area contributed by atoms with Crippen LogP contribution < -0.4 is 5.32 Å². The number of carbonyl (C=O) groups is 1. The molecule has 98 valence electrons. The molecule has 0 unspecified atom stereocenters. The van der Waals surface area contributed by atoms with E-state index in [1.807, 2.05) is 0 Å². The Kier molecular flexibility index (Phi) is 4.61. The molecule has 0 spiro atoms. The van der Waals surface area contributed by atoms with E-state index >= 15 is 0 Å². The fraction of sp³-hybridized carbons (Fsp3) is 0.500. The highest BCUT2D eigenvalue weighted by atomic mass is 35.5. The van der Waals surface area contributed by atoms with Gasteiger partial charge in [-0.2, -0.15) is 0 Å². The number of nitrogens with one attached hydrogen (secondary N) is 1. The number of aliphatic hydroxyl groups excluding tert-OH is 1. The zero-order valence-corrected chi connectivity index (χ0v) is 11.0. The molecule has 1 saturated carbocycles. The van der Waals surface area contributed by atoms with Crippen LogP contribution in [0.5, 0.6) is 0 Å². The number of aliphatic hydroxyl groups is 1. The quantitative estimate of drug-likeness (QED) is 0.881. The Morgan fingerprint density at radius 2 is 2.17 bits per heavy atom. The van der Waals surface area contributed by atoms with Crippen molar-refractivity contribution in [3.05, 3.63) is 34.9 Å². The highest BCUT2D eigenvalue weighted by Crippen LogP contribution is 2.25. The van der Waals surface area contributed by atoms with Crippen LogP contribution in [-0.4, -0.2) is 17.6 Å². The molecular formula is C14H18ClNO2. The summed E-state index contributed by atoms with van der Waals surface area (Å²) in [7, 11) is 0. The Bertz CT molecular complexity index is 416. The van der Waals surface area contributed by atoms with Gasteiger partial charge in [-0.15, -0.1) is 0 Å². The molecule has 0 heterocycles. The maximum Gasteiger partial charge on any atom is 0.223 e. The number of rotatable bonds is 4. The first-order valence-corrected chi connectivity index (χ1v) is 6.76. The summed E-state index contributed by atoms with van der Waals surface area (Å²) in [5, 5.41) is 13.4. The smallest absolute Gasteiger partial charge is 0.223 e. The molecule has 0 bridgehead atoms. The number of halogens is 1. The van der Waals surface area contributed by atoms with Crippen LogP contribution in [0.15, 0.2) is 24.3 Å². The zero-order chi connectivity index (χ0) is 13.0. The van der Waals surface area contributed by atoms with Crippen molar-refractivity contribution in [2.75, 3.05) is 6.54 Å². The third-order valence-electron chi connectivity index (χ3n) is 3.43. The third kappa shape index (κ3) is 3.47. The second-order valence-corrected chi connectivity index (χ2v) is 5.23. The summed E-state index contributed by atoms with van der Waals surface area (Å²) in [5.74, 6) is 0.199. The maximum absolute atomic E-state index is 11.8. The highest BCUT2D eigenvalue weighted by Gasteiger charge is 2.22. The van der Waals surface area contributed by atoms with Crippen molar-refractivity contribution in [1.82, 2.24) is 5.32 Å². The van der Waals surface area contributed by atoms with E-state index in [0.29, 0.717) is 5.02 Å². The topological polar surface area (TPSA) is 49.3 Å². The van der Waals surface area contributed by atoms with E-state index in [1.54, 1.807) is 24.3 Å². The molecule has 0 aliphatic heterocycles. The van der Waals surface area contributed by atoms with Crippen molar-refractivity contribution in [3.8, 4) is 0 Å². The summed E-state index contributed by atoms with van der Waals surface area (Å²) in [6.07, 6.45) is 3.51. The van der Waals surface area contributed by atoms with Gasteiger partial charge in [-0.25, -0.2) is 0 Å². The van der Waals surface area contributed by atoms with E-state index in [2.05, 4.69) is 5.32 Å². The van der Waals surface area contributed by atoms with Gasteiger partial charge < -0.3 is 10.4 Å². The van der Waals surface area contributed by atoms with Gasteiger partial charge in [-0.3, -0.25) is 4.79 Å². The first-order chi connectivity index (χ1) is 8.66. The summed E-state index contributed by atoms with van der Waals surface area (Å²) in [6, 6.07) is 7.07. The Labute approximate surface area is 112 Å². The van der Waals surface area contributed by atoms with E-state index < -0.39 is 6.10 Å². The number of hydrogen-bond donors (Lipinski definition) is 2. The van der Waals surface area contributed by atoms with Crippen molar-refractivity contribution in [2.45, 2.75) is 31.8 Å². The van der Waals surface area contributed by atoms with Crippen LogP contribution in [0.2, 0.25) is 5.02 Å². The lowest BCUT2D eigenvalue weighted by Crippen LogP contribution is -2.32. The van der Waals surface area contributed by atoms with Crippen molar-refractivity contribution >= 4 is 17.5 Å². The van der Waals surface area contributed by atoms with Crippen LogP contribution >= 0.6 is 11.6 Å². The van der Waals surface area contributed by atoms with E-state index in [-0.39, 0.29) is 18.4 Å². The van der Waals surface area contributed by atoms with Crippen molar-refractivity contribution < 1.29 is 9.90 Å². The molecule has 0 radical (unpaired) electrons. The molecule has 1 aromatic carbocycles. The predicted molar refractivity (Wildman–Crippen MR) is 71.4 cm³/mol. The minimum Gasteiger partial charge on any atom is -0.387 e. The van der Waals surface area contributed by atoms with Crippen LogP contribution in [0.1, 0.15) is 37.4 Å². The second-order valence-electron chi connectivity index (χ2n) is 4.80. The van der Waals surface area contributed by atoms with Crippen molar-refractivity contribution in [3.63, 3.8) is 0 Å². The lowest BCUT2D eigenvalue weighted by atomic mass is 10.1. The summed E-state index contributed by atoms with van der Waals surface area (Å²) in [5.41, 5.74) is 0.731. The SMILES string of the molecule is O=C(NC[C@H](O)c1cccc(Cl)c1)C1CCCC1. The fourth-order valence-corrected chi connectivity index (χ4v) is 2.56. The minimum absolute atomic E-state index is 0.0635. The number of hydrogen-bond acceptors (Lipinski definition) is 2. The third-order valence-corrected chi connectivity index (χ3v) is 3.66. The van der Waals surface area contributed by atoms with Gasteiger partial charge in [0.1, 0.15) is 0 Å². The lowest BCUT2D eigenvalue weighted by molar-refractivity contribution is -0.125. The van der Waals surface area contributed by atoms with Gasteiger partial charge in [0.25, 0.3) is 0 Å². The zero-order valence-electron chi connectivity index (χ0n) is 10.2. The number of benzene rings is 1. The summed E-state index contributed by atoms with van der Waals surface area (Å²) < 4.78 is 0. The molecule has 3 nitrogen and oxygen atoms in total. The monoisotopic (exact) mass is 267 g/mol. The van der Waals surface area contributed by atoms with Crippen LogP contribution in [0, 0.1) is 5.92 Å². The molecule has 2 N–H and O–H groups in total. The van der Waals surface area contributed by atoms with Crippen molar-refractivity contribution in [2.24, 2.45) is 5.92 Å². The Hall–Kier alpha value is -1.06. The normalized spacial score (nSPS) is 17.7. The van der Waals surface area contributed by atoms with E-state index in [0.717, 1.165) is 31.2 Å². The van der Waals surface area contributed by atoms with Crippen LogP contribution in [0.25, 0.3) is 0 Å². The Balaban J connectivity index is 1.84. The van der Waals surface area contributed by atoms with E-state index in [1.165, 1.54) is 0 Å². The van der Waals surface area contributed by atoms with E-state index in [4.69, 9.17) is 11.6 Å². The summed E-state index contributed by atoms with van der Waals surface area (Å²) in [4.78, 5) is 11.8.